The Morgan fingerprint density at radius 1 is 1.19 bits per heavy atom. The molecule has 2 N–H and O–H groups in total. The molecule has 3 aromatic rings. The van der Waals surface area contributed by atoms with E-state index in [0.717, 1.165) is 5.56 Å². The Hall–Kier alpha value is -3.53. The first-order valence-corrected chi connectivity index (χ1v) is 10.4. The summed E-state index contributed by atoms with van der Waals surface area (Å²) in [6, 6.07) is 12.1. The Morgan fingerprint density at radius 3 is 2.71 bits per heavy atom. The summed E-state index contributed by atoms with van der Waals surface area (Å²) in [6.45, 7) is 2.62. The number of nitrogens with zero attached hydrogens (tertiary/aromatic N) is 4. The minimum absolute atomic E-state index is 0.126. The molecule has 10 heteroatoms. The number of phenols is 1. The number of aromatic nitrogens is 3. The van der Waals surface area contributed by atoms with Gasteiger partial charge in [-0.1, -0.05) is 23.9 Å². The number of phenolic OH excluding ortho intramolecular Hbond substituents is 1. The molecular formula is C21H23N5O4S. The van der Waals surface area contributed by atoms with Crippen molar-refractivity contribution in [1.82, 2.24) is 20.2 Å². The molecule has 0 spiro atoms. The molecule has 1 amide bonds. The molecule has 0 aliphatic carbocycles. The van der Waals surface area contributed by atoms with Gasteiger partial charge >= 0.3 is 0 Å². The molecule has 162 valence electrons. The van der Waals surface area contributed by atoms with E-state index in [1.807, 2.05) is 29.7 Å². The van der Waals surface area contributed by atoms with E-state index in [9.17, 15) is 9.90 Å². The number of amides is 1. The van der Waals surface area contributed by atoms with Gasteiger partial charge < -0.3 is 19.1 Å². The highest BCUT2D eigenvalue weighted by Crippen LogP contribution is 2.32. The van der Waals surface area contributed by atoms with Crippen LogP contribution in [0.4, 0.5) is 0 Å². The molecule has 1 heterocycles. The second-order valence-corrected chi connectivity index (χ2v) is 7.24. The smallest absolute Gasteiger partial charge is 0.250 e. The molecular weight excluding hydrogens is 418 g/mol. The summed E-state index contributed by atoms with van der Waals surface area (Å²) < 4.78 is 12.6. The molecule has 0 saturated carbocycles. The number of thioether (sulfide) groups is 1. The third kappa shape index (κ3) is 5.54. The summed E-state index contributed by atoms with van der Waals surface area (Å²) in [6.07, 6.45) is 1.46. The van der Waals surface area contributed by atoms with Crippen LogP contribution in [0.1, 0.15) is 12.5 Å². The van der Waals surface area contributed by atoms with Crippen molar-refractivity contribution < 1.29 is 19.4 Å². The van der Waals surface area contributed by atoms with Crippen LogP contribution in [0.25, 0.3) is 11.4 Å². The molecule has 0 aliphatic heterocycles. The van der Waals surface area contributed by atoms with Crippen molar-refractivity contribution in [3.8, 4) is 28.6 Å². The Labute approximate surface area is 184 Å². The summed E-state index contributed by atoms with van der Waals surface area (Å²) in [5.74, 6) is 1.89. The number of hydrazone groups is 1. The van der Waals surface area contributed by atoms with Gasteiger partial charge in [0.2, 0.25) is 0 Å². The number of hydrogen-bond donors (Lipinski definition) is 2. The van der Waals surface area contributed by atoms with Crippen LogP contribution in [0, 0.1) is 0 Å². The van der Waals surface area contributed by atoms with E-state index < -0.39 is 0 Å². The predicted octanol–water partition coefficient (Wildman–Crippen LogP) is 2.93. The van der Waals surface area contributed by atoms with Crippen molar-refractivity contribution in [2.75, 3.05) is 20.0 Å². The van der Waals surface area contributed by atoms with Crippen LogP contribution in [0.15, 0.2) is 52.7 Å². The topological polar surface area (TPSA) is 111 Å². The fourth-order valence-electron chi connectivity index (χ4n) is 2.82. The van der Waals surface area contributed by atoms with Gasteiger partial charge in [-0.25, -0.2) is 5.43 Å². The zero-order chi connectivity index (χ0) is 22.2. The molecule has 0 aliphatic rings. The van der Waals surface area contributed by atoms with Gasteiger partial charge in [-0.3, -0.25) is 4.79 Å². The van der Waals surface area contributed by atoms with Crippen molar-refractivity contribution in [3.63, 3.8) is 0 Å². The molecule has 0 bridgehead atoms. The average molecular weight is 442 g/mol. The number of benzene rings is 2. The highest BCUT2D eigenvalue weighted by Gasteiger charge is 2.16. The molecule has 31 heavy (non-hydrogen) atoms. The maximum absolute atomic E-state index is 12.1. The highest BCUT2D eigenvalue weighted by molar-refractivity contribution is 7.99. The van der Waals surface area contributed by atoms with Gasteiger partial charge in [-0.05, 0) is 42.8 Å². The first kappa shape index (κ1) is 22.2. The van der Waals surface area contributed by atoms with Gasteiger partial charge in [0.15, 0.2) is 22.5 Å². The standard InChI is InChI=1S/C21H23N5O4S/c1-4-26-20(15-8-9-17(29-2)18(11-15)30-3)24-25-21(26)31-13-19(28)23-22-12-14-6-5-7-16(27)10-14/h5-12,27H,4,13H2,1-3H3,(H,23,28)/b22-12+. The van der Waals surface area contributed by atoms with E-state index in [0.29, 0.717) is 34.6 Å². The predicted molar refractivity (Wildman–Crippen MR) is 119 cm³/mol. The summed E-state index contributed by atoms with van der Waals surface area (Å²) in [5.41, 5.74) is 3.98. The van der Waals surface area contributed by atoms with Crippen LogP contribution in [0.3, 0.4) is 0 Å². The third-order valence-corrected chi connectivity index (χ3v) is 5.25. The van der Waals surface area contributed by atoms with Crippen molar-refractivity contribution in [1.29, 1.82) is 0 Å². The monoisotopic (exact) mass is 441 g/mol. The van der Waals surface area contributed by atoms with Gasteiger partial charge in [0.1, 0.15) is 5.75 Å². The van der Waals surface area contributed by atoms with E-state index in [2.05, 4.69) is 20.7 Å². The summed E-state index contributed by atoms with van der Waals surface area (Å²) >= 11 is 1.27. The minimum atomic E-state index is -0.278. The van der Waals surface area contributed by atoms with Crippen LogP contribution < -0.4 is 14.9 Å². The van der Waals surface area contributed by atoms with Crippen LogP contribution in [0.2, 0.25) is 0 Å². The van der Waals surface area contributed by atoms with Crippen LogP contribution in [-0.2, 0) is 11.3 Å². The first-order valence-electron chi connectivity index (χ1n) is 9.45. The van der Waals surface area contributed by atoms with E-state index in [1.54, 1.807) is 38.5 Å². The maximum Gasteiger partial charge on any atom is 0.250 e. The molecule has 9 nitrogen and oxygen atoms in total. The number of rotatable bonds is 9. The number of aromatic hydroxyl groups is 1. The van der Waals surface area contributed by atoms with E-state index in [4.69, 9.17) is 9.47 Å². The number of carbonyl (C=O) groups is 1. The quantitative estimate of drug-likeness (QED) is 0.298. The lowest BCUT2D eigenvalue weighted by atomic mass is 10.2. The van der Waals surface area contributed by atoms with E-state index >= 15 is 0 Å². The SMILES string of the molecule is CCn1c(SCC(=O)N/N=C/c2cccc(O)c2)nnc1-c1ccc(OC)c(OC)c1. The van der Waals surface area contributed by atoms with Gasteiger partial charge in [-0.15, -0.1) is 10.2 Å². The van der Waals surface area contributed by atoms with Crippen LogP contribution in [-0.4, -0.2) is 52.0 Å². The zero-order valence-electron chi connectivity index (χ0n) is 17.4. The first-order chi connectivity index (χ1) is 15.0. The fourth-order valence-corrected chi connectivity index (χ4v) is 3.61. The molecule has 1 aromatic heterocycles. The summed E-state index contributed by atoms with van der Waals surface area (Å²) in [7, 11) is 3.16. The summed E-state index contributed by atoms with van der Waals surface area (Å²) in [5, 5.41) is 22.5. The lowest BCUT2D eigenvalue weighted by molar-refractivity contribution is -0.118. The number of ether oxygens (including phenoxy) is 2. The minimum Gasteiger partial charge on any atom is -0.508 e. The number of methoxy groups -OCH3 is 2. The summed E-state index contributed by atoms with van der Waals surface area (Å²) in [4.78, 5) is 12.1. The Kier molecular flexibility index (Phi) is 7.50. The molecule has 0 radical (unpaired) electrons. The van der Waals surface area contributed by atoms with Gasteiger partial charge in [0.25, 0.3) is 5.91 Å². The molecule has 0 fully saturated rings. The Morgan fingerprint density at radius 2 is 2.00 bits per heavy atom. The lowest BCUT2D eigenvalue weighted by Crippen LogP contribution is -2.20. The highest BCUT2D eigenvalue weighted by atomic mass is 32.2. The molecule has 2 aromatic carbocycles. The molecule has 0 atom stereocenters. The van der Waals surface area contributed by atoms with E-state index in [-0.39, 0.29) is 17.4 Å². The normalized spacial score (nSPS) is 10.9. The third-order valence-electron chi connectivity index (χ3n) is 4.28. The molecule has 3 rings (SSSR count). The van der Waals surface area contributed by atoms with Gasteiger partial charge in [0, 0.05) is 12.1 Å². The van der Waals surface area contributed by atoms with Crippen LogP contribution in [0.5, 0.6) is 17.2 Å². The van der Waals surface area contributed by atoms with Gasteiger partial charge in [-0.2, -0.15) is 5.10 Å². The molecule has 0 saturated heterocycles. The van der Waals surface area contributed by atoms with Crippen molar-refractivity contribution >= 4 is 23.9 Å². The van der Waals surface area contributed by atoms with E-state index in [1.165, 1.54) is 18.0 Å². The fraction of sp³-hybridized carbons (Fsp3) is 0.238. The maximum atomic E-state index is 12.1. The van der Waals surface area contributed by atoms with Crippen molar-refractivity contribution in [2.45, 2.75) is 18.6 Å². The van der Waals surface area contributed by atoms with Gasteiger partial charge in [0.05, 0.1) is 26.2 Å². The zero-order valence-corrected chi connectivity index (χ0v) is 18.2. The van der Waals surface area contributed by atoms with Crippen LogP contribution >= 0.6 is 11.8 Å². The van der Waals surface area contributed by atoms with Crippen molar-refractivity contribution in [2.24, 2.45) is 5.10 Å². The van der Waals surface area contributed by atoms with Crippen molar-refractivity contribution in [3.05, 3.63) is 48.0 Å². The number of carbonyl (C=O) groups excluding carboxylic acids is 1. The second-order valence-electron chi connectivity index (χ2n) is 6.30. The largest absolute Gasteiger partial charge is 0.508 e. The second kappa shape index (κ2) is 10.5. The molecule has 0 unspecified atom stereocenters. The Bertz CT molecular complexity index is 1080. The number of nitrogens with one attached hydrogen (secondary N) is 1. The number of hydrogen-bond acceptors (Lipinski definition) is 8. The Balaban J connectivity index is 1.65. The average Bonchev–Trinajstić information content (AvgIpc) is 3.20. The lowest BCUT2D eigenvalue weighted by Gasteiger charge is -2.10.